The first-order valence-corrected chi connectivity index (χ1v) is 6.31. The van der Waals surface area contributed by atoms with Crippen LogP contribution in [-0.4, -0.2) is 16.9 Å². The highest BCUT2D eigenvalue weighted by Gasteiger charge is 2.14. The largest absolute Gasteiger partial charge is 0.496 e. The van der Waals surface area contributed by atoms with Crippen molar-refractivity contribution >= 4 is 15.9 Å². The van der Waals surface area contributed by atoms with Crippen LogP contribution in [0.3, 0.4) is 0 Å². The Bertz CT molecular complexity index is 520. The molecule has 0 atom stereocenters. The van der Waals surface area contributed by atoms with Crippen LogP contribution in [0, 0.1) is 0 Å². The molecule has 0 aliphatic heterocycles. The molecule has 0 aliphatic carbocycles. The average molecular weight is 295 g/mol. The van der Waals surface area contributed by atoms with Gasteiger partial charge in [0, 0.05) is 17.8 Å². The summed E-state index contributed by atoms with van der Waals surface area (Å²) in [5, 5.41) is 4.58. The van der Waals surface area contributed by atoms with Gasteiger partial charge in [0.2, 0.25) is 0 Å². The first-order valence-electron chi connectivity index (χ1n) is 5.51. The van der Waals surface area contributed by atoms with E-state index in [1.165, 1.54) is 0 Å². The molecular formula is C13H15BrN2O. The van der Waals surface area contributed by atoms with E-state index in [4.69, 9.17) is 4.74 Å². The maximum absolute atomic E-state index is 5.35. The predicted octanol–water partition coefficient (Wildman–Crippen LogP) is 3.90. The quantitative estimate of drug-likeness (QED) is 0.858. The lowest BCUT2D eigenvalue weighted by Gasteiger charge is -2.06. The topological polar surface area (TPSA) is 27.1 Å². The number of aromatic nitrogens is 2. The molecule has 2 rings (SSSR count). The van der Waals surface area contributed by atoms with Crippen molar-refractivity contribution in [1.82, 2.24) is 9.78 Å². The van der Waals surface area contributed by atoms with Crippen molar-refractivity contribution in [2.24, 2.45) is 0 Å². The third-order valence-electron chi connectivity index (χ3n) is 2.58. The molecule has 0 fully saturated rings. The highest BCUT2D eigenvalue weighted by Crippen LogP contribution is 2.34. The number of hydrogen-bond acceptors (Lipinski definition) is 2. The molecule has 0 unspecified atom stereocenters. The van der Waals surface area contributed by atoms with E-state index in [-0.39, 0.29) is 0 Å². The number of hydrogen-bond donors (Lipinski definition) is 0. The van der Waals surface area contributed by atoms with Crippen molar-refractivity contribution in [3.05, 3.63) is 34.9 Å². The van der Waals surface area contributed by atoms with E-state index < -0.39 is 0 Å². The Morgan fingerprint density at radius 1 is 1.29 bits per heavy atom. The lowest BCUT2D eigenvalue weighted by Crippen LogP contribution is -2.00. The van der Waals surface area contributed by atoms with Crippen LogP contribution in [0.2, 0.25) is 0 Å². The fraction of sp³-hybridized carbons (Fsp3) is 0.308. The molecule has 0 N–H and O–H groups in total. The summed E-state index contributed by atoms with van der Waals surface area (Å²) in [4.78, 5) is 0. The van der Waals surface area contributed by atoms with Crippen molar-refractivity contribution in [2.45, 2.75) is 19.9 Å². The van der Waals surface area contributed by atoms with Crippen molar-refractivity contribution in [2.75, 3.05) is 7.11 Å². The SMILES string of the molecule is COc1ccccc1-c1nn(C(C)C)cc1Br. The van der Waals surface area contributed by atoms with Gasteiger partial charge in [-0.3, -0.25) is 4.68 Å². The molecule has 1 aromatic heterocycles. The number of nitrogens with zero attached hydrogens (tertiary/aromatic N) is 2. The number of para-hydroxylation sites is 1. The van der Waals surface area contributed by atoms with E-state index in [1.807, 2.05) is 35.1 Å². The molecule has 17 heavy (non-hydrogen) atoms. The smallest absolute Gasteiger partial charge is 0.128 e. The van der Waals surface area contributed by atoms with E-state index in [9.17, 15) is 0 Å². The summed E-state index contributed by atoms with van der Waals surface area (Å²) in [5.74, 6) is 0.835. The standard InChI is InChI=1S/C13H15BrN2O/c1-9(2)16-8-11(14)13(15-16)10-6-4-5-7-12(10)17-3/h4-9H,1-3H3. The second-order valence-corrected chi connectivity index (χ2v) is 4.95. The summed E-state index contributed by atoms with van der Waals surface area (Å²) in [6, 6.07) is 8.23. The normalized spacial score (nSPS) is 10.9. The summed E-state index contributed by atoms with van der Waals surface area (Å²) >= 11 is 3.55. The maximum Gasteiger partial charge on any atom is 0.128 e. The van der Waals surface area contributed by atoms with Crippen LogP contribution in [0.5, 0.6) is 5.75 Å². The summed E-state index contributed by atoms with van der Waals surface area (Å²) in [7, 11) is 1.67. The third kappa shape index (κ3) is 2.36. The zero-order valence-electron chi connectivity index (χ0n) is 10.1. The fourth-order valence-corrected chi connectivity index (χ4v) is 2.16. The highest BCUT2D eigenvalue weighted by molar-refractivity contribution is 9.10. The third-order valence-corrected chi connectivity index (χ3v) is 3.16. The van der Waals surface area contributed by atoms with Crippen LogP contribution in [0.4, 0.5) is 0 Å². The molecule has 4 heteroatoms. The lowest BCUT2D eigenvalue weighted by molar-refractivity contribution is 0.416. The minimum atomic E-state index is 0.342. The van der Waals surface area contributed by atoms with Gasteiger partial charge in [0.25, 0.3) is 0 Å². The Kier molecular flexibility index (Phi) is 3.52. The summed E-state index contributed by atoms with van der Waals surface area (Å²) in [5.41, 5.74) is 1.91. The van der Waals surface area contributed by atoms with Gasteiger partial charge in [-0.05, 0) is 41.9 Å². The Morgan fingerprint density at radius 2 is 2.00 bits per heavy atom. The van der Waals surface area contributed by atoms with Crippen molar-refractivity contribution in [3.63, 3.8) is 0 Å². The van der Waals surface area contributed by atoms with Crippen molar-refractivity contribution in [1.29, 1.82) is 0 Å². The number of methoxy groups -OCH3 is 1. The first-order chi connectivity index (χ1) is 8.13. The summed E-state index contributed by atoms with van der Waals surface area (Å²) in [6.07, 6.45) is 1.99. The monoisotopic (exact) mass is 294 g/mol. The van der Waals surface area contributed by atoms with Gasteiger partial charge in [-0.1, -0.05) is 12.1 Å². The number of benzene rings is 1. The zero-order chi connectivity index (χ0) is 12.4. The Labute approximate surface area is 110 Å². The van der Waals surface area contributed by atoms with Gasteiger partial charge in [0.05, 0.1) is 11.6 Å². The second kappa shape index (κ2) is 4.92. The zero-order valence-corrected chi connectivity index (χ0v) is 11.7. The van der Waals surface area contributed by atoms with E-state index in [0.29, 0.717) is 6.04 Å². The van der Waals surface area contributed by atoms with E-state index in [2.05, 4.69) is 34.9 Å². The fourth-order valence-electron chi connectivity index (χ4n) is 1.66. The van der Waals surface area contributed by atoms with Gasteiger partial charge >= 0.3 is 0 Å². The molecule has 0 saturated carbocycles. The van der Waals surface area contributed by atoms with Gasteiger partial charge < -0.3 is 4.74 Å². The molecule has 1 heterocycles. The molecule has 0 amide bonds. The van der Waals surface area contributed by atoms with Crippen LogP contribution < -0.4 is 4.74 Å². The maximum atomic E-state index is 5.35. The average Bonchev–Trinajstić information content (AvgIpc) is 2.71. The molecule has 3 nitrogen and oxygen atoms in total. The van der Waals surface area contributed by atoms with Crippen LogP contribution in [0.15, 0.2) is 34.9 Å². The molecule has 1 aromatic carbocycles. The molecule has 2 aromatic rings. The molecule has 0 radical (unpaired) electrons. The van der Waals surface area contributed by atoms with Gasteiger partial charge in [-0.25, -0.2) is 0 Å². The van der Waals surface area contributed by atoms with Gasteiger partial charge in [0.1, 0.15) is 11.4 Å². The van der Waals surface area contributed by atoms with Crippen LogP contribution in [0.25, 0.3) is 11.3 Å². The molecule has 90 valence electrons. The molecule has 0 bridgehead atoms. The van der Waals surface area contributed by atoms with Crippen LogP contribution >= 0.6 is 15.9 Å². The van der Waals surface area contributed by atoms with Gasteiger partial charge in [-0.15, -0.1) is 0 Å². The molecule has 0 spiro atoms. The highest BCUT2D eigenvalue weighted by atomic mass is 79.9. The van der Waals surface area contributed by atoms with Crippen LogP contribution in [0.1, 0.15) is 19.9 Å². The van der Waals surface area contributed by atoms with Crippen molar-refractivity contribution < 1.29 is 4.74 Å². The minimum absolute atomic E-state index is 0.342. The minimum Gasteiger partial charge on any atom is -0.496 e. The van der Waals surface area contributed by atoms with E-state index in [1.54, 1.807) is 7.11 Å². The number of rotatable bonds is 3. The molecule has 0 aliphatic rings. The van der Waals surface area contributed by atoms with Gasteiger partial charge in [-0.2, -0.15) is 5.10 Å². The Hall–Kier alpha value is -1.29. The first kappa shape index (κ1) is 12.2. The number of ether oxygens (including phenoxy) is 1. The second-order valence-electron chi connectivity index (χ2n) is 4.10. The Balaban J connectivity index is 2.52. The van der Waals surface area contributed by atoms with E-state index >= 15 is 0 Å². The predicted molar refractivity (Wildman–Crippen MR) is 72.3 cm³/mol. The number of halogens is 1. The lowest BCUT2D eigenvalue weighted by atomic mass is 10.1. The Morgan fingerprint density at radius 3 is 2.59 bits per heavy atom. The summed E-state index contributed by atoms with van der Waals surface area (Å²) < 4.78 is 8.27. The van der Waals surface area contributed by atoms with Crippen molar-refractivity contribution in [3.8, 4) is 17.0 Å². The summed E-state index contributed by atoms with van der Waals surface area (Å²) in [6.45, 7) is 4.21. The molecular weight excluding hydrogens is 280 g/mol. The van der Waals surface area contributed by atoms with Gasteiger partial charge in [0.15, 0.2) is 0 Å². The van der Waals surface area contributed by atoms with E-state index in [0.717, 1.165) is 21.5 Å². The van der Waals surface area contributed by atoms with Crippen LogP contribution in [-0.2, 0) is 0 Å². The molecule has 0 saturated heterocycles.